The van der Waals surface area contributed by atoms with E-state index >= 15 is 0 Å². The summed E-state index contributed by atoms with van der Waals surface area (Å²) < 4.78 is 13.5. The maximum atomic E-state index is 13.5. The average Bonchev–Trinajstić information content (AvgIpc) is 3.29. The Hall–Kier alpha value is -2.24. The molecule has 3 atom stereocenters. The second-order valence-corrected chi connectivity index (χ2v) is 11.9. The molecule has 2 heterocycles. The molecule has 2 aliphatic heterocycles. The minimum atomic E-state index is -0.683. The molecule has 0 bridgehead atoms. The first kappa shape index (κ1) is 27.8. The second-order valence-electron chi connectivity index (χ2n) is 11.9. The van der Waals surface area contributed by atoms with Gasteiger partial charge in [0.05, 0.1) is 0 Å². The van der Waals surface area contributed by atoms with Crippen LogP contribution in [0.5, 0.6) is 0 Å². The Morgan fingerprint density at radius 1 is 1.08 bits per heavy atom. The highest BCUT2D eigenvalue weighted by Crippen LogP contribution is 2.36. The highest BCUT2D eigenvalue weighted by atomic mass is 19.1. The molecule has 0 saturated carbocycles. The lowest BCUT2D eigenvalue weighted by Crippen LogP contribution is -2.42. The number of likely N-dealkylation sites (tertiary alicyclic amines) is 2. The van der Waals surface area contributed by atoms with Gasteiger partial charge in [-0.3, -0.25) is 9.69 Å². The van der Waals surface area contributed by atoms with Crippen LogP contribution in [0, 0.1) is 30.5 Å². The summed E-state index contributed by atoms with van der Waals surface area (Å²) in [7, 11) is 0. The van der Waals surface area contributed by atoms with Crippen LogP contribution in [0.4, 0.5) is 4.39 Å². The van der Waals surface area contributed by atoms with E-state index in [-0.39, 0.29) is 5.82 Å². The number of aryl methyl sites for hydroxylation is 2. The van der Waals surface area contributed by atoms with Crippen molar-refractivity contribution in [3.8, 4) is 0 Å². The number of carbonyl (C=O) groups is 1. The Balaban J connectivity index is 1.30. The van der Waals surface area contributed by atoms with Gasteiger partial charge in [-0.1, -0.05) is 62.7 Å². The van der Waals surface area contributed by atoms with Crippen molar-refractivity contribution in [3.05, 3.63) is 71.0 Å². The number of halogens is 1. The third kappa shape index (κ3) is 7.64. The zero-order valence-electron chi connectivity index (χ0n) is 22.9. The van der Waals surface area contributed by atoms with Crippen molar-refractivity contribution in [1.29, 1.82) is 0 Å². The van der Waals surface area contributed by atoms with Crippen LogP contribution in [-0.4, -0.2) is 59.6 Å². The molecule has 4 nitrogen and oxygen atoms in total. The van der Waals surface area contributed by atoms with Crippen LogP contribution < -0.4 is 0 Å². The number of hydrogen-bond donors (Lipinski definition) is 1. The van der Waals surface area contributed by atoms with E-state index in [2.05, 4.69) is 54.0 Å². The van der Waals surface area contributed by atoms with Crippen LogP contribution in [-0.2, 0) is 11.2 Å². The first-order chi connectivity index (χ1) is 17.8. The van der Waals surface area contributed by atoms with E-state index in [4.69, 9.17) is 0 Å². The van der Waals surface area contributed by atoms with Gasteiger partial charge < -0.3 is 10.0 Å². The molecule has 0 aromatic heterocycles. The van der Waals surface area contributed by atoms with Gasteiger partial charge in [0, 0.05) is 25.6 Å². The van der Waals surface area contributed by atoms with Gasteiger partial charge in [-0.25, -0.2) is 4.39 Å². The molecular formula is C32H45FN2O2. The average molecular weight is 509 g/mol. The number of hydrogen-bond acceptors (Lipinski definition) is 3. The predicted molar refractivity (Wildman–Crippen MR) is 148 cm³/mol. The van der Waals surface area contributed by atoms with Gasteiger partial charge in [-0.15, -0.1) is 0 Å². The van der Waals surface area contributed by atoms with Crippen molar-refractivity contribution >= 4 is 5.97 Å². The second kappa shape index (κ2) is 13.0. The summed E-state index contributed by atoms with van der Waals surface area (Å²) in [5, 5.41) is 9.98. The molecule has 0 spiro atoms. The molecule has 4 rings (SSSR count). The molecule has 5 heteroatoms. The van der Waals surface area contributed by atoms with Crippen LogP contribution >= 0.6 is 0 Å². The quantitative estimate of drug-likeness (QED) is 0.382. The van der Waals surface area contributed by atoms with E-state index in [1.807, 2.05) is 19.1 Å². The fraction of sp³-hybridized carbons (Fsp3) is 0.594. The monoisotopic (exact) mass is 508 g/mol. The van der Waals surface area contributed by atoms with Gasteiger partial charge >= 0.3 is 5.97 Å². The molecule has 2 saturated heterocycles. The summed E-state index contributed by atoms with van der Waals surface area (Å²) in [5.74, 6) is 1.17. The molecule has 2 aromatic rings. The SMILES string of the molecule is Cc1cc(CCCC2CCN(C[C@H]3CN([C@H](CC(C)C)C(=O)O)C[C@@H]3c3ccccc3)CC2)ccc1F. The van der Waals surface area contributed by atoms with E-state index in [0.29, 0.717) is 24.2 Å². The van der Waals surface area contributed by atoms with Crippen molar-refractivity contribution in [2.75, 3.05) is 32.7 Å². The van der Waals surface area contributed by atoms with E-state index in [9.17, 15) is 14.3 Å². The molecule has 0 unspecified atom stereocenters. The highest BCUT2D eigenvalue weighted by Gasteiger charge is 2.40. The third-order valence-electron chi connectivity index (χ3n) is 8.62. The maximum absolute atomic E-state index is 13.5. The zero-order chi connectivity index (χ0) is 26.4. The molecular weight excluding hydrogens is 463 g/mol. The topological polar surface area (TPSA) is 43.8 Å². The van der Waals surface area contributed by atoms with Crippen LogP contribution in [0.3, 0.4) is 0 Å². The van der Waals surface area contributed by atoms with E-state index in [1.54, 1.807) is 6.07 Å². The summed E-state index contributed by atoms with van der Waals surface area (Å²) >= 11 is 0. The van der Waals surface area contributed by atoms with Crippen LogP contribution in [0.25, 0.3) is 0 Å². The molecule has 2 aromatic carbocycles. The third-order valence-corrected chi connectivity index (χ3v) is 8.62. The number of carboxylic acid groups (broad SMARTS) is 1. The van der Waals surface area contributed by atoms with Crippen molar-refractivity contribution in [2.45, 2.75) is 71.3 Å². The van der Waals surface area contributed by atoms with Crippen molar-refractivity contribution in [1.82, 2.24) is 9.80 Å². The van der Waals surface area contributed by atoms with Crippen molar-refractivity contribution in [2.24, 2.45) is 17.8 Å². The van der Waals surface area contributed by atoms with Gasteiger partial charge in [0.25, 0.3) is 0 Å². The summed E-state index contributed by atoms with van der Waals surface area (Å²) in [6.45, 7) is 11.1. The largest absolute Gasteiger partial charge is 0.480 e. The molecule has 0 radical (unpaired) electrons. The number of nitrogens with zero attached hydrogens (tertiary/aromatic N) is 2. The standard InChI is InChI=1S/C32H45FN2O2/c1-23(2)18-31(32(36)37)35-21-28(29(22-35)27-10-5-4-6-11-27)20-34-16-14-25(15-17-34)8-7-9-26-12-13-30(33)24(3)19-26/h4-6,10-13,19,23,25,28-29,31H,7-9,14-18,20-22H2,1-3H3,(H,36,37)/t28-,29+,31+/m0/s1. The smallest absolute Gasteiger partial charge is 0.320 e. The minimum Gasteiger partial charge on any atom is -0.480 e. The molecule has 0 amide bonds. The predicted octanol–water partition coefficient (Wildman–Crippen LogP) is 6.38. The Bertz CT molecular complexity index is 1000. The van der Waals surface area contributed by atoms with E-state index in [0.717, 1.165) is 57.0 Å². The number of carboxylic acids is 1. The fourth-order valence-electron chi connectivity index (χ4n) is 6.52. The van der Waals surface area contributed by atoms with E-state index in [1.165, 1.54) is 30.4 Å². The maximum Gasteiger partial charge on any atom is 0.320 e. The summed E-state index contributed by atoms with van der Waals surface area (Å²) in [5.41, 5.74) is 3.32. The van der Waals surface area contributed by atoms with Crippen molar-refractivity contribution < 1.29 is 14.3 Å². The molecule has 1 N–H and O–H groups in total. The van der Waals surface area contributed by atoms with Crippen LogP contribution in [0.2, 0.25) is 0 Å². The summed E-state index contributed by atoms with van der Waals surface area (Å²) in [4.78, 5) is 17.0. The Kier molecular flexibility index (Phi) is 9.77. The molecule has 0 aliphatic carbocycles. The minimum absolute atomic E-state index is 0.116. The van der Waals surface area contributed by atoms with Gasteiger partial charge in [0.2, 0.25) is 0 Å². The zero-order valence-corrected chi connectivity index (χ0v) is 22.9. The first-order valence-corrected chi connectivity index (χ1v) is 14.3. The number of rotatable bonds is 11. The Morgan fingerprint density at radius 2 is 1.81 bits per heavy atom. The molecule has 2 fully saturated rings. The van der Waals surface area contributed by atoms with Gasteiger partial charge in [-0.2, -0.15) is 0 Å². The molecule has 37 heavy (non-hydrogen) atoms. The molecule has 202 valence electrons. The van der Waals surface area contributed by atoms with Gasteiger partial charge in [0.1, 0.15) is 11.9 Å². The van der Waals surface area contributed by atoms with E-state index < -0.39 is 12.0 Å². The normalized spacial score (nSPS) is 22.5. The van der Waals surface area contributed by atoms with Crippen molar-refractivity contribution in [3.63, 3.8) is 0 Å². The number of piperidine rings is 1. The lowest BCUT2D eigenvalue weighted by atomic mass is 9.87. The summed E-state index contributed by atoms with van der Waals surface area (Å²) in [6, 6.07) is 15.8. The summed E-state index contributed by atoms with van der Waals surface area (Å²) in [6.07, 6.45) is 6.60. The first-order valence-electron chi connectivity index (χ1n) is 14.3. The highest BCUT2D eigenvalue weighted by molar-refractivity contribution is 5.73. The molecule has 2 aliphatic rings. The van der Waals surface area contributed by atoms with Gasteiger partial charge in [-0.05, 0) is 92.6 Å². The lowest BCUT2D eigenvalue weighted by Gasteiger charge is -2.35. The van der Waals surface area contributed by atoms with Crippen LogP contribution in [0.1, 0.15) is 68.6 Å². The fourth-order valence-corrected chi connectivity index (χ4v) is 6.52. The Morgan fingerprint density at radius 3 is 2.46 bits per heavy atom. The number of benzene rings is 2. The van der Waals surface area contributed by atoms with Crippen LogP contribution in [0.15, 0.2) is 48.5 Å². The lowest BCUT2D eigenvalue weighted by molar-refractivity contribution is -0.143. The van der Waals surface area contributed by atoms with Gasteiger partial charge in [0.15, 0.2) is 0 Å². The number of aliphatic carboxylic acids is 1. The Labute approximate surface area is 222 Å².